The molecular formula is C9H18N2. The van der Waals surface area contributed by atoms with Crippen molar-refractivity contribution in [1.29, 1.82) is 0 Å². The summed E-state index contributed by atoms with van der Waals surface area (Å²) in [5.41, 5.74) is 6.24. The van der Waals surface area contributed by atoms with Crippen molar-refractivity contribution >= 4 is 0 Å². The minimum Gasteiger partial charge on any atom is -0.324 e. The summed E-state index contributed by atoms with van der Waals surface area (Å²) in [6.45, 7) is 1.05. The Labute approximate surface area is 68.5 Å². The lowest BCUT2D eigenvalue weighted by molar-refractivity contribution is 0.212. The van der Waals surface area contributed by atoms with Crippen LogP contribution in [0.4, 0.5) is 0 Å². The number of hydrogen-bond acceptors (Lipinski definition) is 2. The molecule has 2 aliphatic rings. The second-order valence-electron chi connectivity index (χ2n) is 4.22. The minimum absolute atomic E-state index is 0.176. The average Bonchev–Trinajstić information content (AvgIpc) is 1.81. The molecule has 0 spiro atoms. The first kappa shape index (κ1) is 7.56. The van der Waals surface area contributed by atoms with Gasteiger partial charge in [0, 0.05) is 18.1 Å². The molecule has 11 heavy (non-hydrogen) atoms. The summed E-state index contributed by atoms with van der Waals surface area (Å²) in [6, 6.07) is 0.802. The summed E-state index contributed by atoms with van der Waals surface area (Å²) in [7, 11) is 0. The van der Waals surface area contributed by atoms with Crippen molar-refractivity contribution < 1.29 is 0 Å². The summed E-state index contributed by atoms with van der Waals surface area (Å²) >= 11 is 0. The van der Waals surface area contributed by atoms with Crippen LogP contribution in [-0.2, 0) is 0 Å². The van der Waals surface area contributed by atoms with Crippen molar-refractivity contribution in [1.82, 2.24) is 5.32 Å². The zero-order valence-electron chi connectivity index (χ0n) is 7.10. The molecule has 2 nitrogen and oxygen atoms in total. The number of nitrogens with one attached hydrogen (secondary N) is 1. The largest absolute Gasteiger partial charge is 0.324 e. The molecule has 0 amide bonds. The summed E-state index contributed by atoms with van der Waals surface area (Å²) in [5, 5.41) is 3.54. The van der Waals surface area contributed by atoms with Gasteiger partial charge < -0.3 is 11.1 Å². The van der Waals surface area contributed by atoms with Gasteiger partial charge in [-0.3, -0.25) is 0 Å². The third-order valence-corrected chi connectivity index (χ3v) is 3.20. The molecule has 64 valence electrons. The topological polar surface area (TPSA) is 38.0 Å². The van der Waals surface area contributed by atoms with Crippen molar-refractivity contribution in [2.45, 2.75) is 50.1 Å². The molecule has 0 radical (unpaired) electrons. The Morgan fingerprint density at radius 2 is 2.00 bits per heavy atom. The Balaban J connectivity index is 1.64. The van der Waals surface area contributed by atoms with Gasteiger partial charge in [-0.2, -0.15) is 0 Å². The van der Waals surface area contributed by atoms with Gasteiger partial charge in [0.2, 0.25) is 0 Å². The number of hydrogen-bond donors (Lipinski definition) is 2. The van der Waals surface area contributed by atoms with Crippen molar-refractivity contribution in [3.63, 3.8) is 0 Å². The lowest BCUT2D eigenvalue weighted by Gasteiger charge is -2.40. The maximum Gasteiger partial charge on any atom is 0.0280 e. The third kappa shape index (κ3) is 1.57. The molecule has 0 heterocycles. The third-order valence-electron chi connectivity index (χ3n) is 3.20. The Morgan fingerprint density at radius 3 is 2.36 bits per heavy atom. The second kappa shape index (κ2) is 2.76. The van der Waals surface area contributed by atoms with E-state index < -0.39 is 0 Å². The first-order valence-electron chi connectivity index (χ1n) is 4.81. The Morgan fingerprint density at radius 1 is 1.27 bits per heavy atom. The van der Waals surface area contributed by atoms with Crippen LogP contribution in [0.15, 0.2) is 0 Å². The minimum atomic E-state index is 0.176. The van der Waals surface area contributed by atoms with E-state index in [0.717, 1.165) is 12.6 Å². The van der Waals surface area contributed by atoms with Crippen molar-refractivity contribution in [2.24, 2.45) is 5.73 Å². The van der Waals surface area contributed by atoms with Crippen LogP contribution in [0.3, 0.4) is 0 Å². The van der Waals surface area contributed by atoms with E-state index in [-0.39, 0.29) is 5.54 Å². The fourth-order valence-corrected chi connectivity index (χ4v) is 1.77. The molecular weight excluding hydrogens is 136 g/mol. The molecule has 0 aromatic carbocycles. The van der Waals surface area contributed by atoms with Crippen molar-refractivity contribution in [3.8, 4) is 0 Å². The predicted molar refractivity (Wildman–Crippen MR) is 46.4 cm³/mol. The molecule has 2 fully saturated rings. The molecule has 0 unspecified atom stereocenters. The van der Waals surface area contributed by atoms with Crippen LogP contribution in [0.5, 0.6) is 0 Å². The first-order valence-corrected chi connectivity index (χ1v) is 4.81. The summed E-state index contributed by atoms with van der Waals surface area (Å²) in [6.07, 6.45) is 7.95. The lowest BCUT2D eigenvalue weighted by Crippen LogP contribution is -2.56. The SMILES string of the molecule is NC1(CNC2CCC2)CCC1. The molecule has 0 bridgehead atoms. The van der Waals surface area contributed by atoms with Gasteiger partial charge in [0.05, 0.1) is 0 Å². The van der Waals surface area contributed by atoms with Crippen LogP contribution >= 0.6 is 0 Å². The molecule has 2 heteroatoms. The number of rotatable bonds is 3. The van der Waals surface area contributed by atoms with Gasteiger partial charge in [0.25, 0.3) is 0 Å². The van der Waals surface area contributed by atoms with Gasteiger partial charge in [-0.15, -0.1) is 0 Å². The summed E-state index contributed by atoms with van der Waals surface area (Å²) < 4.78 is 0. The molecule has 0 atom stereocenters. The van der Waals surface area contributed by atoms with E-state index in [2.05, 4.69) is 5.32 Å². The first-order chi connectivity index (χ1) is 5.29. The van der Waals surface area contributed by atoms with E-state index in [1.165, 1.54) is 38.5 Å². The maximum absolute atomic E-state index is 6.07. The van der Waals surface area contributed by atoms with Crippen LogP contribution < -0.4 is 11.1 Å². The second-order valence-corrected chi connectivity index (χ2v) is 4.22. The molecule has 2 rings (SSSR count). The molecule has 2 aliphatic carbocycles. The zero-order chi connectivity index (χ0) is 7.73. The van der Waals surface area contributed by atoms with Gasteiger partial charge in [0.1, 0.15) is 0 Å². The molecule has 3 N–H and O–H groups in total. The Bertz CT molecular complexity index is 136. The number of nitrogens with two attached hydrogens (primary N) is 1. The van der Waals surface area contributed by atoms with Crippen LogP contribution in [0.2, 0.25) is 0 Å². The highest BCUT2D eigenvalue weighted by atomic mass is 15.0. The van der Waals surface area contributed by atoms with E-state index in [0.29, 0.717) is 0 Å². The van der Waals surface area contributed by atoms with Crippen LogP contribution in [0, 0.1) is 0 Å². The molecule has 0 saturated heterocycles. The van der Waals surface area contributed by atoms with Gasteiger partial charge in [-0.05, 0) is 32.1 Å². The normalized spacial score (nSPS) is 29.2. The Hall–Kier alpha value is -0.0800. The quantitative estimate of drug-likeness (QED) is 0.636. The van der Waals surface area contributed by atoms with Crippen molar-refractivity contribution in [3.05, 3.63) is 0 Å². The average molecular weight is 154 g/mol. The highest BCUT2D eigenvalue weighted by Crippen LogP contribution is 2.29. The van der Waals surface area contributed by atoms with Gasteiger partial charge in [-0.1, -0.05) is 6.42 Å². The smallest absolute Gasteiger partial charge is 0.0280 e. The zero-order valence-corrected chi connectivity index (χ0v) is 7.10. The van der Waals surface area contributed by atoms with Gasteiger partial charge in [-0.25, -0.2) is 0 Å². The highest BCUT2D eigenvalue weighted by Gasteiger charge is 2.33. The lowest BCUT2D eigenvalue weighted by atomic mass is 9.77. The summed E-state index contributed by atoms with van der Waals surface area (Å²) in [4.78, 5) is 0. The monoisotopic (exact) mass is 154 g/mol. The van der Waals surface area contributed by atoms with Gasteiger partial charge >= 0.3 is 0 Å². The van der Waals surface area contributed by atoms with E-state index >= 15 is 0 Å². The highest BCUT2D eigenvalue weighted by molar-refractivity contribution is 4.95. The van der Waals surface area contributed by atoms with E-state index in [4.69, 9.17) is 5.73 Å². The van der Waals surface area contributed by atoms with E-state index in [1.54, 1.807) is 0 Å². The van der Waals surface area contributed by atoms with E-state index in [1.807, 2.05) is 0 Å². The molecule has 0 aromatic rings. The fraction of sp³-hybridized carbons (Fsp3) is 1.00. The van der Waals surface area contributed by atoms with Crippen LogP contribution in [0.1, 0.15) is 38.5 Å². The maximum atomic E-state index is 6.07. The Kier molecular flexibility index (Phi) is 1.90. The molecule has 2 saturated carbocycles. The molecule has 0 aliphatic heterocycles. The van der Waals surface area contributed by atoms with Gasteiger partial charge in [0.15, 0.2) is 0 Å². The molecule has 0 aromatic heterocycles. The standard InChI is InChI=1S/C9H18N2/c10-9(5-2-6-9)7-11-8-3-1-4-8/h8,11H,1-7,10H2. The van der Waals surface area contributed by atoms with Crippen LogP contribution in [-0.4, -0.2) is 18.1 Å². The fourth-order valence-electron chi connectivity index (χ4n) is 1.77. The van der Waals surface area contributed by atoms with E-state index in [9.17, 15) is 0 Å². The van der Waals surface area contributed by atoms with Crippen molar-refractivity contribution in [2.75, 3.05) is 6.54 Å². The van der Waals surface area contributed by atoms with Crippen LogP contribution in [0.25, 0.3) is 0 Å². The predicted octanol–water partition coefficient (Wildman–Crippen LogP) is 1.01. The summed E-state index contributed by atoms with van der Waals surface area (Å²) in [5.74, 6) is 0.